The van der Waals surface area contributed by atoms with Crippen LogP contribution in [0.2, 0.25) is 0 Å². The summed E-state index contributed by atoms with van der Waals surface area (Å²) in [6.07, 6.45) is 4.31. The van der Waals surface area contributed by atoms with Gasteiger partial charge in [-0.1, -0.05) is 48.0 Å². The van der Waals surface area contributed by atoms with Crippen LogP contribution in [0.4, 0.5) is 5.69 Å². The van der Waals surface area contributed by atoms with Gasteiger partial charge in [0.25, 0.3) is 0 Å². The zero-order chi connectivity index (χ0) is 18.5. The quantitative estimate of drug-likeness (QED) is 0.710. The third kappa shape index (κ3) is 4.37. The third-order valence-electron chi connectivity index (χ3n) is 5.36. The molecular formula is C24H27N3. The molecule has 3 aromatic rings. The van der Waals surface area contributed by atoms with Crippen molar-refractivity contribution in [3.63, 3.8) is 0 Å². The van der Waals surface area contributed by atoms with E-state index in [4.69, 9.17) is 0 Å². The first-order chi connectivity index (χ1) is 13.3. The lowest BCUT2D eigenvalue weighted by molar-refractivity contribution is 0.428. The minimum Gasteiger partial charge on any atom is -0.364 e. The first kappa shape index (κ1) is 17.7. The predicted octanol–water partition coefficient (Wildman–Crippen LogP) is 4.82. The molecule has 0 amide bonds. The number of hydrogen-bond donors (Lipinski definition) is 1. The van der Waals surface area contributed by atoms with Gasteiger partial charge in [-0.05, 0) is 62.7 Å². The molecule has 27 heavy (non-hydrogen) atoms. The van der Waals surface area contributed by atoms with E-state index in [1.807, 2.05) is 12.3 Å². The van der Waals surface area contributed by atoms with Crippen LogP contribution in [0.1, 0.15) is 24.0 Å². The number of pyridine rings is 1. The number of aromatic nitrogens is 1. The lowest BCUT2D eigenvalue weighted by atomic mass is 10.0. The van der Waals surface area contributed by atoms with Crippen molar-refractivity contribution in [1.29, 1.82) is 0 Å². The predicted molar refractivity (Wildman–Crippen MR) is 113 cm³/mol. The van der Waals surface area contributed by atoms with Gasteiger partial charge < -0.3 is 10.2 Å². The van der Waals surface area contributed by atoms with Crippen molar-refractivity contribution in [3.8, 4) is 11.3 Å². The average Bonchev–Trinajstić information content (AvgIpc) is 2.74. The zero-order valence-electron chi connectivity index (χ0n) is 15.9. The fourth-order valence-electron chi connectivity index (χ4n) is 3.82. The highest BCUT2D eigenvalue weighted by molar-refractivity contribution is 5.60. The molecule has 1 fully saturated rings. The van der Waals surface area contributed by atoms with Crippen LogP contribution >= 0.6 is 0 Å². The molecule has 4 rings (SSSR count). The topological polar surface area (TPSA) is 28.2 Å². The Bertz CT molecular complexity index is 852. The number of benzene rings is 2. The van der Waals surface area contributed by atoms with Gasteiger partial charge in [-0.3, -0.25) is 4.98 Å². The molecule has 1 aromatic heterocycles. The van der Waals surface area contributed by atoms with Gasteiger partial charge in [0.15, 0.2) is 0 Å². The first-order valence-corrected chi connectivity index (χ1v) is 9.84. The number of piperidine rings is 1. The summed E-state index contributed by atoms with van der Waals surface area (Å²) in [5.74, 6) is 0. The van der Waals surface area contributed by atoms with Gasteiger partial charge in [0.2, 0.25) is 0 Å². The maximum absolute atomic E-state index is 4.59. The Morgan fingerprint density at radius 2 is 1.70 bits per heavy atom. The average molecular weight is 358 g/mol. The van der Waals surface area contributed by atoms with Crippen molar-refractivity contribution in [2.75, 3.05) is 18.0 Å². The summed E-state index contributed by atoms with van der Waals surface area (Å²) in [5.41, 5.74) is 6.14. The number of hydrogen-bond acceptors (Lipinski definition) is 3. The summed E-state index contributed by atoms with van der Waals surface area (Å²) in [4.78, 5) is 7.16. The fourth-order valence-corrected chi connectivity index (χ4v) is 3.82. The van der Waals surface area contributed by atoms with Gasteiger partial charge in [-0.2, -0.15) is 0 Å². The Kier molecular flexibility index (Phi) is 5.50. The molecule has 2 aromatic carbocycles. The molecule has 3 heteroatoms. The van der Waals surface area contributed by atoms with Crippen molar-refractivity contribution < 1.29 is 0 Å². The molecule has 3 nitrogen and oxygen atoms in total. The molecule has 1 saturated heterocycles. The highest BCUT2D eigenvalue weighted by atomic mass is 15.2. The summed E-state index contributed by atoms with van der Waals surface area (Å²) < 4.78 is 0. The summed E-state index contributed by atoms with van der Waals surface area (Å²) >= 11 is 0. The number of aryl methyl sites for hydroxylation is 1. The number of anilines is 1. The van der Waals surface area contributed by atoms with Crippen LogP contribution in [0.3, 0.4) is 0 Å². The van der Waals surface area contributed by atoms with E-state index in [2.05, 4.69) is 82.8 Å². The van der Waals surface area contributed by atoms with Crippen LogP contribution in [0.15, 0.2) is 72.9 Å². The summed E-state index contributed by atoms with van der Waals surface area (Å²) in [7, 11) is 0. The summed E-state index contributed by atoms with van der Waals surface area (Å²) in [6, 6.07) is 24.3. The largest absolute Gasteiger partial charge is 0.364 e. The molecular weight excluding hydrogens is 330 g/mol. The van der Waals surface area contributed by atoms with E-state index in [-0.39, 0.29) is 0 Å². The zero-order valence-corrected chi connectivity index (χ0v) is 15.9. The van der Waals surface area contributed by atoms with Crippen LogP contribution in [-0.2, 0) is 6.54 Å². The van der Waals surface area contributed by atoms with Crippen LogP contribution in [-0.4, -0.2) is 24.1 Å². The molecule has 0 spiro atoms. The second kappa shape index (κ2) is 8.36. The Labute approximate surface area is 162 Å². The van der Waals surface area contributed by atoms with Crippen molar-refractivity contribution in [1.82, 2.24) is 10.3 Å². The number of nitrogens with one attached hydrogen (secondary N) is 1. The van der Waals surface area contributed by atoms with Crippen LogP contribution < -0.4 is 10.2 Å². The van der Waals surface area contributed by atoms with Crippen LogP contribution in [0, 0.1) is 6.92 Å². The highest BCUT2D eigenvalue weighted by Crippen LogP contribution is 2.26. The van der Waals surface area contributed by atoms with E-state index in [0.717, 1.165) is 25.3 Å². The second-order valence-electron chi connectivity index (χ2n) is 7.36. The molecule has 1 aliphatic heterocycles. The van der Waals surface area contributed by atoms with Gasteiger partial charge in [-0.15, -0.1) is 0 Å². The van der Waals surface area contributed by atoms with Crippen molar-refractivity contribution in [3.05, 3.63) is 84.1 Å². The van der Waals surface area contributed by atoms with Gasteiger partial charge in [-0.25, -0.2) is 0 Å². The second-order valence-corrected chi connectivity index (χ2v) is 7.36. The molecule has 2 heterocycles. The molecule has 0 radical (unpaired) electrons. The Hall–Kier alpha value is -2.65. The van der Waals surface area contributed by atoms with Gasteiger partial charge in [0.1, 0.15) is 0 Å². The monoisotopic (exact) mass is 357 g/mol. The van der Waals surface area contributed by atoms with Crippen molar-refractivity contribution in [2.24, 2.45) is 0 Å². The van der Waals surface area contributed by atoms with E-state index in [0.29, 0.717) is 6.04 Å². The molecule has 1 N–H and O–H groups in total. The molecule has 0 unspecified atom stereocenters. The lowest BCUT2D eigenvalue weighted by Gasteiger charge is -2.36. The van der Waals surface area contributed by atoms with Gasteiger partial charge in [0, 0.05) is 30.0 Å². The molecule has 0 bridgehead atoms. The number of rotatable bonds is 5. The maximum atomic E-state index is 4.59. The van der Waals surface area contributed by atoms with Crippen molar-refractivity contribution in [2.45, 2.75) is 32.4 Å². The van der Waals surface area contributed by atoms with Crippen LogP contribution in [0.5, 0.6) is 0 Å². The Morgan fingerprint density at radius 3 is 2.44 bits per heavy atom. The smallest absolute Gasteiger partial charge is 0.0705 e. The summed E-state index contributed by atoms with van der Waals surface area (Å²) in [6.45, 7) is 5.25. The first-order valence-electron chi connectivity index (χ1n) is 9.84. The van der Waals surface area contributed by atoms with E-state index >= 15 is 0 Å². The molecule has 0 saturated carbocycles. The molecule has 0 atom stereocenters. The normalized spacial score (nSPS) is 14.9. The van der Waals surface area contributed by atoms with Gasteiger partial charge >= 0.3 is 0 Å². The van der Waals surface area contributed by atoms with E-state index in [9.17, 15) is 0 Å². The minimum absolute atomic E-state index is 0.572. The standard InChI is InChI=1S/C24H27N3/c1-19-7-9-22(10-8-19)27(23-12-14-25-15-13-23)18-20-11-16-26-24(17-20)21-5-3-2-4-6-21/h2-11,16-17,23,25H,12-15,18H2,1H3. The van der Waals surface area contributed by atoms with Crippen molar-refractivity contribution >= 4 is 5.69 Å². The molecule has 0 aliphatic carbocycles. The number of nitrogens with zero attached hydrogens (tertiary/aromatic N) is 2. The van der Waals surface area contributed by atoms with Crippen LogP contribution in [0.25, 0.3) is 11.3 Å². The molecule has 138 valence electrons. The highest BCUT2D eigenvalue weighted by Gasteiger charge is 2.21. The van der Waals surface area contributed by atoms with E-state index in [1.165, 1.54) is 35.2 Å². The van der Waals surface area contributed by atoms with Gasteiger partial charge in [0.05, 0.1) is 5.69 Å². The minimum atomic E-state index is 0.572. The maximum Gasteiger partial charge on any atom is 0.0705 e. The molecule has 1 aliphatic rings. The summed E-state index contributed by atoms with van der Waals surface area (Å²) in [5, 5.41) is 3.49. The Balaban J connectivity index is 1.62. The van der Waals surface area contributed by atoms with E-state index < -0.39 is 0 Å². The van der Waals surface area contributed by atoms with E-state index in [1.54, 1.807) is 0 Å². The third-order valence-corrected chi connectivity index (χ3v) is 5.36. The Morgan fingerprint density at radius 1 is 0.963 bits per heavy atom. The lowest BCUT2D eigenvalue weighted by Crippen LogP contribution is -2.43. The SMILES string of the molecule is Cc1ccc(N(Cc2ccnc(-c3ccccc3)c2)C2CCNCC2)cc1. The fraction of sp³-hybridized carbons (Fsp3) is 0.292.